The summed E-state index contributed by atoms with van der Waals surface area (Å²) in [6.07, 6.45) is 0. The molecule has 11 heteroatoms. The number of nitrogens with one attached hydrogen (secondary N) is 1. The van der Waals surface area contributed by atoms with Gasteiger partial charge in [0.1, 0.15) is 0 Å². The van der Waals surface area contributed by atoms with Crippen LogP contribution in [0.25, 0.3) is 0 Å². The number of non-ortho nitro benzene ring substituents is 1. The van der Waals surface area contributed by atoms with Crippen molar-refractivity contribution in [3.05, 3.63) is 39.9 Å². The van der Waals surface area contributed by atoms with Crippen LogP contribution in [0.15, 0.2) is 24.3 Å². The average Bonchev–Trinajstić information content (AvgIpc) is 2.28. The van der Waals surface area contributed by atoms with E-state index < -0.39 is 20.5 Å². The van der Waals surface area contributed by atoms with Gasteiger partial charge in [-0.3, -0.25) is 10.1 Å². The van der Waals surface area contributed by atoms with E-state index in [1.165, 1.54) is 12.1 Å². The van der Waals surface area contributed by atoms with E-state index in [-0.39, 0.29) is 12.2 Å². The Balaban J connectivity index is 2.57. The standard InChI is InChI=1S/C8H7F3N2O5S/c9-8(10,11)19(16,17)18-12-5-6-1-3-7(4-2-6)13(14)15/h1-4,12H,5H2. The van der Waals surface area contributed by atoms with Crippen LogP contribution in [0.1, 0.15) is 5.56 Å². The molecular weight excluding hydrogens is 293 g/mol. The van der Waals surface area contributed by atoms with Crippen LogP contribution in [0.2, 0.25) is 0 Å². The maximum Gasteiger partial charge on any atom is 0.524 e. The van der Waals surface area contributed by atoms with Crippen molar-refractivity contribution >= 4 is 15.8 Å². The number of hydrogen-bond acceptors (Lipinski definition) is 6. The summed E-state index contributed by atoms with van der Waals surface area (Å²) in [5.74, 6) is 0. The van der Waals surface area contributed by atoms with E-state index in [4.69, 9.17) is 0 Å². The molecule has 1 aromatic rings. The van der Waals surface area contributed by atoms with E-state index in [9.17, 15) is 31.7 Å². The minimum atomic E-state index is -5.71. The number of alkyl halides is 3. The third-order valence-electron chi connectivity index (χ3n) is 1.88. The molecule has 0 spiro atoms. The van der Waals surface area contributed by atoms with Crippen molar-refractivity contribution in [1.82, 2.24) is 5.48 Å². The second-order valence-electron chi connectivity index (χ2n) is 3.23. The number of nitrogens with zero attached hydrogens (tertiary/aromatic N) is 1. The zero-order valence-electron chi connectivity index (χ0n) is 9.05. The van der Waals surface area contributed by atoms with Gasteiger partial charge in [-0.1, -0.05) is 12.1 Å². The van der Waals surface area contributed by atoms with Crippen molar-refractivity contribution < 1.29 is 30.8 Å². The lowest BCUT2D eigenvalue weighted by Crippen LogP contribution is -2.31. The quantitative estimate of drug-likeness (QED) is 0.502. The first-order chi connectivity index (χ1) is 8.63. The van der Waals surface area contributed by atoms with E-state index in [1.807, 2.05) is 0 Å². The molecule has 0 fully saturated rings. The van der Waals surface area contributed by atoms with Gasteiger partial charge in [0.15, 0.2) is 0 Å². The molecule has 0 aliphatic rings. The third kappa shape index (κ3) is 4.15. The Kier molecular flexibility index (Phi) is 4.44. The number of hydroxylamine groups is 1. The zero-order valence-corrected chi connectivity index (χ0v) is 9.86. The zero-order chi connectivity index (χ0) is 14.7. The van der Waals surface area contributed by atoms with Crippen LogP contribution in [0, 0.1) is 10.1 Å². The van der Waals surface area contributed by atoms with Gasteiger partial charge in [-0.05, 0) is 5.56 Å². The van der Waals surface area contributed by atoms with E-state index in [0.29, 0.717) is 5.56 Å². The van der Waals surface area contributed by atoms with Crippen molar-refractivity contribution in [2.45, 2.75) is 12.1 Å². The largest absolute Gasteiger partial charge is 0.524 e. The van der Waals surface area contributed by atoms with Crippen LogP contribution < -0.4 is 5.48 Å². The number of rotatable bonds is 5. The average molecular weight is 300 g/mol. The molecule has 1 aromatic carbocycles. The fourth-order valence-corrected chi connectivity index (χ4v) is 1.28. The van der Waals surface area contributed by atoms with Crippen LogP contribution >= 0.6 is 0 Å². The lowest BCUT2D eigenvalue weighted by Gasteiger charge is -2.08. The Bertz CT molecular complexity index is 555. The van der Waals surface area contributed by atoms with Crippen LogP contribution in [-0.4, -0.2) is 18.8 Å². The molecule has 0 radical (unpaired) electrons. The maximum absolute atomic E-state index is 11.9. The molecule has 0 saturated heterocycles. The second-order valence-corrected chi connectivity index (χ2v) is 4.77. The SMILES string of the molecule is O=[N+]([O-])c1ccc(CNOS(=O)(=O)C(F)(F)F)cc1. The summed E-state index contributed by atoms with van der Waals surface area (Å²) in [6.45, 7) is -0.368. The Labute approximate surface area is 105 Å². The second kappa shape index (κ2) is 5.50. The number of nitro benzene ring substituents is 1. The highest BCUT2D eigenvalue weighted by molar-refractivity contribution is 7.87. The van der Waals surface area contributed by atoms with Gasteiger partial charge in [0.05, 0.1) is 4.92 Å². The minimum absolute atomic E-state index is 0.201. The third-order valence-corrected chi connectivity index (χ3v) is 2.78. The number of hydrogen-bond donors (Lipinski definition) is 1. The van der Waals surface area contributed by atoms with Gasteiger partial charge in [0.25, 0.3) is 5.69 Å². The van der Waals surface area contributed by atoms with E-state index >= 15 is 0 Å². The molecule has 106 valence electrons. The van der Waals surface area contributed by atoms with Crippen molar-refractivity contribution in [1.29, 1.82) is 0 Å². The normalized spacial score (nSPS) is 12.4. The molecule has 19 heavy (non-hydrogen) atoms. The lowest BCUT2D eigenvalue weighted by atomic mass is 10.2. The van der Waals surface area contributed by atoms with Crippen LogP contribution in [0.4, 0.5) is 18.9 Å². The predicted octanol–water partition coefficient (Wildman–Crippen LogP) is 1.47. The van der Waals surface area contributed by atoms with Crippen molar-refractivity contribution in [2.24, 2.45) is 0 Å². The van der Waals surface area contributed by atoms with Crippen molar-refractivity contribution in [2.75, 3.05) is 0 Å². The van der Waals surface area contributed by atoms with Gasteiger partial charge < -0.3 is 0 Å². The molecule has 0 aromatic heterocycles. The first-order valence-corrected chi connectivity index (χ1v) is 6.00. The first-order valence-electron chi connectivity index (χ1n) is 4.59. The molecule has 1 N–H and O–H groups in total. The highest BCUT2D eigenvalue weighted by Crippen LogP contribution is 2.23. The molecule has 0 heterocycles. The van der Waals surface area contributed by atoms with Gasteiger partial charge in [0, 0.05) is 18.7 Å². The topological polar surface area (TPSA) is 98.5 Å². The molecule has 0 amide bonds. The summed E-state index contributed by atoms with van der Waals surface area (Å²) in [4.78, 5) is 9.68. The monoisotopic (exact) mass is 300 g/mol. The Morgan fingerprint density at radius 1 is 1.26 bits per heavy atom. The summed E-state index contributed by atoms with van der Waals surface area (Å²) in [6, 6.07) is 4.73. The number of nitro groups is 1. The summed E-state index contributed by atoms with van der Waals surface area (Å²) < 4.78 is 60.1. The number of halogens is 3. The molecule has 7 nitrogen and oxygen atoms in total. The van der Waals surface area contributed by atoms with Gasteiger partial charge in [-0.15, -0.1) is 0 Å². The Hall–Kier alpha value is -1.72. The van der Waals surface area contributed by atoms with E-state index in [2.05, 4.69) is 4.28 Å². The van der Waals surface area contributed by atoms with Crippen LogP contribution in [-0.2, 0) is 20.9 Å². The highest BCUT2D eigenvalue weighted by Gasteiger charge is 2.47. The van der Waals surface area contributed by atoms with Crippen LogP contribution in [0.3, 0.4) is 0 Å². The summed E-state index contributed by atoms with van der Waals surface area (Å²) in [5, 5.41) is 10.3. The van der Waals surface area contributed by atoms with E-state index in [1.54, 1.807) is 5.48 Å². The fourth-order valence-electron chi connectivity index (χ4n) is 0.973. The molecular formula is C8H7F3N2O5S. The summed E-state index contributed by atoms with van der Waals surface area (Å²) in [7, 11) is -5.71. The Morgan fingerprint density at radius 2 is 1.79 bits per heavy atom. The molecule has 0 aliphatic carbocycles. The van der Waals surface area contributed by atoms with Gasteiger partial charge >= 0.3 is 15.6 Å². The Morgan fingerprint density at radius 3 is 2.21 bits per heavy atom. The fraction of sp³-hybridized carbons (Fsp3) is 0.250. The maximum atomic E-state index is 11.9. The molecule has 0 aliphatic heterocycles. The smallest absolute Gasteiger partial charge is 0.258 e. The molecule has 0 unspecified atom stereocenters. The molecule has 0 atom stereocenters. The van der Waals surface area contributed by atoms with Gasteiger partial charge in [-0.2, -0.15) is 31.4 Å². The summed E-state index contributed by atoms with van der Waals surface area (Å²) >= 11 is 0. The predicted molar refractivity (Wildman–Crippen MR) is 56.0 cm³/mol. The van der Waals surface area contributed by atoms with Crippen LogP contribution in [0.5, 0.6) is 0 Å². The highest BCUT2D eigenvalue weighted by atomic mass is 32.2. The summed E-state index contributed by atoms with van der Waals surface area (Å²) in [5.41, 5.74) is -3.79. The van der Waals surface area contributed by atoms with Gasteiger partial charge in [0.2, 0.25) is 0 Å². The van der Waals surface area contributed by atoms with Crippen molar-refractivity contribution in [3.63, 3.8) is 0 Å². The van der Waals surface area contributed by atoms with Crippen molar-refractivity contribution in [3.8, 4) is 0 Å². The lowest BCUT2D eigenvalue weighted by molar-refractivity contribution is -0.384. The number of benzene rings is 1. The van der Waals surface area contributed by atoms with E-state index in [0.717, 1.165) is 12.1 Å². The van der Waals surface area contributed by atoms with Gasteiger partial charge in [-0.25, -0.2) is 0 Å². The molecule has 0 bridgehead atoms. The first kappa shape index (κ1) is 15.3. The minimum Gasteiger partial charge on any atom is -0.258 e. The molecule has 1 rings (SSSR count). The molecule has 0 saturated carbocycles.